The summed E-state index contributed by atoms with van der Waals surface area (Å²) in [7, 11) is 0. The zero-order chi connectivity index (χ0) is 10.7. The van der Waals surface area contributed by atoms with Gasteiger partial charge in [0.05, 0.1) is 11.6 Å². The second-order valence-electron chi connectivity index (χ2n) is 3.47. The molecule has 2 nitrogen and oxygen atoms in total. The largest absolute Gasteiger partial charge is 0.318 e. The molecule has 2 N–H and O–H groups in total. The van der Waals surface area contributed by atoms with Gasteiger partial charge < -0.3 is 5.73 Å². The van der Waals surface area contributed by atoms with Crippen molar-refractivity contribution in [3.63, 3.8) is 0 Å². The van der Waals surface area contributed by atoms with Crippen LogP contribution in [0.4, 0.5) is 0 Å². The van der Waals surface area contributed by atoms with E-state index < -0.39 is 0 Å². The summed E-state index contributed by atoms with van der Waals surface area (Å²) in [6.45, 7) is 1.87. The van der Waals surface area contributed by atoms with Gasteiger partial charge in [0, 0.05) is 23.2 Å². The van der Waals surface area contributed by atoms with E-state index in [-0.39, 0.29) is 6.04 Å². The zero-order valence-corrected chi connectivity index (χ0v) is 8.57. The summed E-state index contributed by atoms with van der Waals surface area (Å²) in [4.78, 5) is 4.15. The van der Waals surface area contributed by atoms with E-state index in [1.807, 2.05) is 37.4 Å². The number of hydrogen-bond donors (Lipinski definition) is 1. The van der Waals surface area contributed by atoms with E-state index in [0.717, 1.165) is 16.3 Å². The maximum atomic E-state index is 5.59. The predicted molar refractivity (Wildman–Crippen MR) is 62.3 cm³/mol. The zero-order valence-electron chi connectivity index (χ0n) is 8.57. The monoisotopic (exact) mass is 196 g/mol. The molecule has 1 unspecified atom stereocenters. The van der Waals surface area contributed by atoms with Gasteiger partial charge in [-0.05, 0) is 6.92 Å². The minimum absolute atomic E-state index is 0.107. The first-order chi connectivity index (χ1) is 7.27. The Bertz CT molecular complexity index is 527. The standard InChI is InChI=1S/C13H12N2/c1-10(14)6-7-12-9-15-8-11-4-2-3-5-13(11)12/h2-5,8-10H,14H2,1H3. The van der Waals surface area contributed by atoms with Gasteiger partial charge in [0.1, 0.15) is 0 Å². The first-order valence-corrected chi connectivity index (χ1v) is 4.87. The van der Waals surface area contributed by atoms with E-state index in [0.29, 0.717) is 0 Å². The van der Waals surface area contributed by atoms with E-state index in [9.17, 15) is 0 Å². The first-order valence-electron chi connectivity index (χ1n) is 4.87. The predicted octanol–water partition coefficient (Wildman–Crippen LogP) is 1.93. The molecule has 1 atom stereocenters. The molecule has 0 saturated heterocycles. The van der Waals surface area contributed by atoms with Crippen LogP contribution in [0.2, 0.25) is 0 Å². The van der Waals surface area contributed by atoms with E-state index >= 15 is 0 Å². The van der Waals surface area contributed by atoms with Crippen LogP contribution >= 0.6 is 0 Å². The molecule has 0 saturated carbocycles. The molecule has 1 heterocycles. The third-order valence-corrected chi connectivity index (χ3v) is 2.10. The Labute approximate surface area is 89.1 Å². The molecular formula is C13H12N2. The quantitative estimate of drug-likeness (QED) is 0.654. The minimum atomic E-state index is -0.107. The van der Waals surface area contributed by atoms with Crippen molar-refractivity contribution in [2.24, 2.45) is 5.73 Å². The lowest BCUT2D eigenvalue weighted by Gasteiger charge is -1.98. The summed E-state index contributed by atoms with van der Waals surface area (Å²) in [6.07, 6.45) is 3.62. The number of nitrogens with zero attached hydrogens (tertiary/aromatic N) is 1. The maximum absolute atomic E-state index is 5.59. The molecule has 0 radical (unpaired) electrons. The highest BCUT2D eigenvalue weighted by atomic mass is 14.6. The van der Waals surface area contributed by atoms with Crippen LogP contribution < -0.4 is 5.73 Å². The van der Waals surface area contributed by atoms with Gasteiger partial charge in [0.15, 0.2) is 0 Å². The van der Waals surface area contributed by atoms with Crippen LogP contribution in [0.25, 0.3) is 10.8 Å². The number of fused-ring (bicyclic) bond motifs is 1. The van der Waals surface area contributed by atoms with E-state index in [4.69, 9.17) is 5.73 Å². The van der Waals surface area contributed by atoms with E-state index in [2.05, 4.69) is 16.8 Å². The van der Waals surface area contributed by atoms with Gasteiger partial charge in [-0.25, -0.2) is 0 Å². The second-order valence-corrected chi connectivity index (χ2v) is 3.47. The molecule has 0 aliphatic rings. The van der Waals surface area contributed by atoms with Crippen LogP contribution in [0.3, 0.4) is 0 Å². The van der Waals surface area contributed by atoms with Crippen LogP contribution in [-0.2, 0) is 0 Å². The van der Waals surface area contributed by atoms with Crippen LogP contribution in [0.5, 0.6) is 0 Å². The number of benzene rings is 1. The Hall–Kier alpha value is -1.85. The Morgan fingerprint density at radius 3 is 2.87 bits per heavy atom. The van der Waals surface area contributed by atoms with Crippen molar-refractivity contribution in [1.82, 2.24) is 4.98 Å². The van der Waals surface area contributed by atoms with Crippen LogP contribution in [-0.4, -0.2) is 11.0 Å². The number of pyridine rings is 1. The Balaban J connectivity index is 2.58. The number of aromatic nitrogens is 1. The van der Waals surface area contributed by atoms with Crippen molar-refractivity contribution in [3.8, 4) is 11.8 Å². The summed E-state index contributed by atoms with van der Waals surface area (Å²) in [5, 5.41) is 2.23. The lowest BCUT2D eigenvalue weighted by atomic mass is 10.1. The van der Waals surface area contributed by atoms with Gasteiger partial charge in [0.2, 0.25) is 0 Å². The molecule has 0 bridgehead atoms. The SMILES string of the molecule is CC(N)C#Cc1cncc2ccccc12. The highest BCUT2D eigenvalue weighted by Gasteiger charge is 1.97. The van der Waals surface area contributed by atoms with Crippen molar-refractivity contribution in [2.75, 3.05) is 0 Å². The van der Waals surface area contributed by atoms with Crippen LogP contribution in [0.15, 0.2) is 36.7 Å². The van der Waals surface area contributed by atoms with Gasteiger partial charge in [-0.15, -0.1) is 0 Å². The summed E-state index contributed by atoms with van der Waals surface area (Å²) in [5.41, 5.74) is 6.53. The average molecular weight is 196 g/mol. The smallest absolute Gasteiger partial charge is 0.0639 e. The third-order valence-electron chi connectivity index (χ3n) is 2.10. The fourth-order valence-electron chi connectivity index (χ4n) is 1.41. The van der Waals surface area contributed by atoms with E-state index in [1.165, 1.54) is 0 Å². The van der Waals surface area contributed by atoms with Gasteiger partial charge in [-0.2, -0.15) is 0 Å². The number of nitrogens with two attached hydrogens (primary N) is 1. The molecule has 2 aromatic rings. The molecule has 0 fully saturated rings. The van der Waals surface area contributed by atoms with Gasteiger partial charge in [0.25, 0.3) is 0 Å². The van der Waals surface area contributed by atoms with Crippen molar-refractivity contribution >= 4 is 10.8 Å². The first kappa shape index (κ1) is 9.70. The van der Waals surface area contributed by atoms with Crippen LogP contribution in [0, 0.1) is 11.8 Å². The highest BCUT2D eigenvalue weighted by Crippen LogP contribution is 2.15. The van der Waals surface area contributed by atoms with Crippen molar-refractivity contribution in [1.29, 1.82) is 0 Å². The molecule has 0 aliphatic carbocycles. The Morgan fingerprint density at radius 2 is 2.07 bits per heavy atom. The third kappa shape index (κ3) is 2.15. The summed E-state index contributed by atoms with van der Waals surface area (Å²) >= 11 is 0. The second kappa shape index (κ2) is 4.12. The van der Waals surface area contributed by atoms with Crippen molar-refractivity contribution in [3.05, 3.63) is 42.2 Å². The van der Waals surface area contributed by atoms with E-state index in [1.54, 1.807) is 6.20 Å². The average Bonchev–Trinajstić information content (AvgIpc) is 2.26. The summed E-state index contributed by atoms with van der Waals surface area (Å²) in [5.74, 6) is 5.99. The molecule has 2 rings (SSSR count). The molecule has 0 spiro atoms. The highest BCUT2D eigenvalue weighted by molar-refractivity contribution is 5.87. The Kier molecular flexibility index (Phi) is 2.66. The van der Waals surface area contributed by atoms with Crippen molar-refractivity contribution in [2.45, 2.75) is 13.0 Å². The fourth-order valence-corrected chi connectivity index (χ4v) is 1.41. The van der Waals surface area contributed by atoms with Gasteiger partial charge >= 0.3 is 0 Å². The molecule has 74 valence electrons. The minimum Gasteiger partial charge on any atom is -0.318 e. The maximum Gasteiger partial charge on any atom is 0.0639 e. The van der Waals surface area contributed by atoms with Crippen LogP contribution in [0.1, 0.15) is 12.5 Å². The van der Waals surface area contributed by atoms with Crippen molar-refractivity contribution < 1.29 is 0 Å². The molecule has 0 amide bonds. The normalized spacial score (nSPS) is 11.9. The molecule has 0 aliphatic heterocycles. The molecular weight excluding hydrogens is 184 g/mol. The summed E-state index contributed by atoms with van der Waals surface area (Å²) in [6, 6.07) is 7.96. The van der Waals surface area contributed by atoms with Gasteiger partial charge in [-0.3, -0.25) is 4.98 Å². The number of hydrogen-bond acceptors (Lipinski definition) is 2. The van der Waals surface area contributed by atoms with Gasteiger partial charge in [-0.1, -0.05) is 36.1 Å². The molecule has 2 heteroatoms. The molecule has 15 heavy (non-hydrogen) atoms. The molecule has 1 aromatic carbocycles. The topological polar surface area (TPSA) is 38.9 Å². The lowest BCUT2D eigenvalue weighted by molar-refractivity contribution is 0.959. The fraction of sp³-hybridized carbons (Fsp3) is 0.154. The lowest BCUT2D eigenvalue weighted by Crippen LogP contribution is -2.10. The Morgan fingerprint density at radius 1 is 1.27 bits per heavy atom. The molecule has 1 aromatic heterocycles. The number of rotatable bonds is 0. The summed E-state index contributed by atoms with van der Waals surface area (Å²) < 4.78 is 0.